The van der Waals surface area contributed by atoms with Crippen molar-refractivity contribution in [2.24, 2.45) is 0 Å². The first-order valence-electron chi connectivity index (χ1n) is 3.95. The number of nitrogens with zero attached hydrogens (tertiary/aromatic N) is 1. The van der Waals surface area contributed by atoms with Gasteiger partial charge in [0.2, 0.25) is 0 Å². The zero-order chi connectivity index (χ0) is 11.0. The van der Waals surface area contributed by atoms with Gasteiger partial charge in [0.1, 0.15) is 0 Å². The number of hydrogen-bond acceptors (Lipinski definition) is 3. The van der Waals surface area contributed by atoms with Crippen molar-refractivity contribution in [3.05, 3.63) is 33.5 Å². The Morgan fingerprint density at radius 3 is 2.67 bits per heavy atom. The van der Waals surface area contributed by atoms with Crippen molar-refractivity contribution in [3.63, 3.8) is 0 Å². The Morgan fingerprint density at radius 1 is 1.40 bits per heavy atom. The maximum absolute atomic E-state index is 13.2. The highest BCUT2D eigenvalue weighted by molar-refractivity contribution is 9.10. The van der Waals surface area contributed by atoms with Crippen LogP contribution in [0.15, 0.2) is 27.2 Å². The van der Waals surface area contributed by atoms with Gasteiger partial charge in [0, 0.05) is 11.6 Å². The molecule has 0 bridgehead atoms. The summed E-state index contributed by atoms with van der Waals surface area (Å²) >= 11 is 8.73. The van der Waals surface area contributed by atoms with Crippen molar-refractivity contribution in [2.45, 2.75) is 0 Å². The summed E-state index contributed by atoms with van der Waals surface area (Å²) in [4.78, 5) is 0. The van der Waals surface area contributed by atoms with Crippen molar-refractivity contribution in [1.29, 1.82) is 0 Å². The summed E-state index contributed by atoms with van der Waals surface area (Å²) in [5, 5.41) is 3.53. The van der Waals surface area contributed by atoms with E-state index < -0.39 is 5.82 Å². The molecule has 0 unspecified atom stereocenters. The third kappa shape index (κ3) is 1.98. The van der Waals surface area contributed by atoms with Crippen molar-refractivity contribution in [1.82, 2.24) is 5.16 Å². The van der Waals surface area contributed by atoms with Crippen LogP contribution in [0.25, 0.3) is 11.3 Å². The van der Waals surface area contributed by atoms with Crippen molar-refractivity contribution in [3.8, 4) is 11.3 Å². The highest BCUT2D eigenvalue weighted by Crippen LogP contribution is 2.31. The maximum atomic E-state index is 13.2. The zero-order valence-electron chi connectivity index (χ0n) is 7.30. The minimum absolute atomic E-state index is 0.00865. The van der Waals surface area contributed by atoms with Gasteiger partial charge in [-0.25, -0.2) is 4.39 Å². The van der Waals surface area contributed by atoms with Crippen LogP contribution in [-0.2, 0) is 0 Å². The third-order valence-corrected chi connectivity index (χ3v) is 2.65. The molecule has 0 fully saturated rings. The smallest absolute Gasteiger partial charge is 0.169 e. The van der Waals surface area contributed by atoms with Gasteiger partial charge < -0.3 is 10.3 Å². The summed E-state index contributed by atoms with van der Waals surface area (Å²) in [5.74, 6) is 0.199. The summed E-state index contributed by atoms with van der Waals surface area (Å²) < 4.78 is 18.4. The van der Waals surface area contributed by atoms with E-state index >= 15 is 0 Å². The summed E-state index contributed by atoms with van der Waals surface area (Å²) in [6, 6.07) is 4.53. The first-order chi connectivity index (χ1) is 7.08. The molecule has 1 aromatic heterocycles. The average Bonchev–Trinajstić information content (AvgIpc) is 2.60. The van der Waals surface area contributed by atoms with Gasteiger partial charge in [-0.2, -0.15) is 0 Å². The van der Waals surface area contributed by atoms with E-state index in [1.54, 1.807) is 6.07 Å². The molecule has 0 atom stereocenters. The Morgan fingerprint density at radius 2 is 2.13 bits per heavy atom. The molecule has 0 saturated heterocycles. The van der Waals surface area contributed by atoms with Crippen molar-refractivity contribution in [2.75, 3.05) is 5.73 Å². The Balaban J connectivity index is 2.55. The molecule has 2 N–H and O–H groups in total. The lowest BCUT2D eigenvalue weighted by atomic mass is 10.2. The van der Waals surface area contributed by atoms with E-state index in [-0.39, 0.29) is 15.3 Å². The van der Waals surface area contributed by atoms with Gasteiger partial charge in [-0.15, -0.1) is 0 Å². The normalized spacial score (nSPS) is 10.6. The molecule has 0 saturated carbocycles. The van der Waals surface area contributed by atoms with E-state index in [1.165, 1.54) is 12.1 Å². The quantitative estimate of drug-likeness (QED) is 0.818. The van der Waals surface area contributed by atoms with E-state index in [0.717, 1.165) is 0 Å². The van der Waals surface area contributed by atoms with E-state index in [1.807, 2.05) is 0 Å². The summed E-state index contributed by atoms with van der Waals surface area (Å²) in [5.41, 5.74) is 6.01. The van der Waals surface area contributed by atoms with Gasteiger partial charge >= 0.3 is 0 Å². The minimum Gasteiger partial charge on any atom is -0.381 e. The van der Waals surface area contributed by atoms with Crippen LogP contribution in [0.2, 0.25) is 5.02 Å². The molecular weight excluding hydrogens is 286 g/mol. The highest BCUT2D eigenvalue weighted by Gasteiger charge is 2.11. The second kappa shape index (κ2) is 3.83. The highest BCUT2D eigenvalue weighted by atomic mass is 79.9. The van der Waals surface area contributed by atoms with Crippen LogP contribution in [0.5, 0.6) is 0 Å². The Hall–Kier alpha value is -1.07. The Labute approximate surface area is 98.1 Å². The predicted octanol–water partition coefficient (Wildman–Crippen LogP) is 3.48. The molecule has 0 amide bonds. The molecule has 6 heteroatoms. The van der Waals surface area contributed by atoms with Crippen LogP contribution in [0.4, 0.5) is 10.2 Å². The molecule has 15 heavy (non-hydrogen) atoms. The summed E-state index contributed by atoms with van der Waals surface area (Å²) in [6.07, 6.45) is 0. The van der Waals surface area contributed by atoms with Crippen LogP contribution in [0.1, 0.15) is 0 Å². The average molecular weight is 292 g/mol. The van der Waals surface area contributed by atoms with Crippen LogP contribution >= 0.6 is 27.5 Å². The molecule has 1 heterocycles. The van der Waals surface area contributed by atoms with Gasteiger partial charge in [0.15, 0.2) is 17.4 Å². The number of anilines is 1. The molecule has 0 aliphatic rings. The number of rotatable bonds is 1. The van der Waals surface area contributed by atoms with Gasteiger partial charge in [-0.1, -0.05) is 16.8 Å². The number of halogens is 3. The topological polar surface area (TPSA) is 52.0 Å². The van der Waals surface area contributed by atoms with Crippen LogP contribution < -0.4 is 5.73 Å². The van der Waals surface area contributed by atoms with Crippen LogP contribution in [-0.4, -0.2) is 5.16 Å². The fourth-order valence-electron chi connectivity index (χ4n) is 1.12. The maximum Gasteiger partial charge on any atom is 0.169 e. The van der Waals surface area contributed by atoms with E-state index in [4.69, 9.17) is 21.9 Å². The fourth-order valence-corrected chi connectivity index (χ4v) is 1.92. The number of benzene rings is 1. The Kier molecular flexibility index (Phi) is 2.67. The molecule has 0 aliphatic carbocycles. The van der Waals surface area contributed by atoms with Gasteiger partial charge in [0.05, 0.1) is 9.50 Å². The van der Waals surface area contributed by atoms with Gasteiger partial charge in [-0.05, 0) is 28.1 Å². The largest absolute Gasteiger partial charge is 0.381 e. The van der Waals surface area contributed by atoms with Crippen molar-refractivity contribution < 1.29 is 8.91 Å². The number of nitrogen functional groups attached to an aromatic ring is 1. The molecule has 2 aromatic rings. The summed E-state index contributed by atoms with van der Waals surface area (Å²) in [6.45, 7) is 0. The first kappa shape index (κ1) is 10.4. The molecule has 0 spiro atoms. The fraction of sp³-hybridized carbons (Fsp3) is 0. The number of aromatic nitrogens is 1. The standard InChI is InChI=1S/C9H5BrClFN2O/c10-5-1-4(2-6(11)9(5)12)7-3-8(13)14-15-7/h1-3H,(H2,13,14). The van der Waals surface area contributed by atoms with Gasteiger partial charge in [-0.3, -0.25) is 0 Å². The van der Waals surface area contributed by atoms with Gasteiger partial charge in [0.25, 0.3) is 0 Å². The number of nitrogens with two attached hydrogens (primary N) is 1. The molecular formula is C9H5BrClFN2O. The lowest BCUT2D eigenvalue weighted by molar-refractivity contribution is 0.435. The lowest BCUT2D eigenvalue weighted by Gasteiger charge is -2.00. The molecule has 1 aromatic carbocycles. The second-order valence-corrected chi connectivity index (χ2v) is 4.13. The minimum atomic E-state index is -0.507. The molecule has 0 radical (unpaired) electrons. The first-order valence-corrected chi connectivity index (χ1v) is 5.12. The Bertz CT molecular complexity index is 492. The zero-order valence-corrected chi connectivity index (χ0v) is 9.64. The van der Waals surface area contributed by atoms with Crippen LogP contribution in [0, 0.1) is 5.82 Å². The third-order valence-electron chi connectivity index (χ3n) is 1.80. The van der Waals surface area contributed by atoms with E-state index in [9.17, 15) is 4.39 Å². The molecule has 0 aliphatic heterocycles. The summed E-state index contributed by atoms with van der Waals surface area (Å²) in [7, 11) is 0. The SMILES string of the molecule is Nc1cc(-c2cc(Cl)c(F)c(Br)c2)on1. The van der Waals surface area contributed by atoms with E-state index in [0.29, 0.717) is 11.3 Å². The van der Waals surface area contributed by atoms with Crippen molar-refractivity contribution >= 4 is 33.3 Å². The van der Waals surface area contributed by atoms with E-state index in [2.05, 4.69) is 21.1 Å². The predicted molar refractivity (Wildman–Crippen MR) is 59.0 cm³/mol. The molecule has 78 valence electrons. The molecule has 2 rings (SSSR count). The van der Waals surface area contributed by atoms with Crippen LogP contribution in [0.3, 0.4) is 0 Å². The lowest BCUT2D eigenvalue weighted by Crippen LogP contribution is -1.83. The second-order valence-electron chi connectivity index (χ2n) is 2.87. The monoisotopic (exact) mass is 290 g/mol. The molecule has 3 nitrogen and oxygen atoms in total. The number of hydrogen-bond donors (Lipinski definition) is 1.